The summed E-state index contributed by atoms with van der Waals surface area (Å²) in [6.45, 7) is 4.12. The van der Waals surface area contributed by atoms with Crippen LogP contribution in [0.5, 0.6) is 0 Å². The van der Waals surface area contributed by atoms with Gasteiger partial charge in [0.1, 0.15) is 11.1 Å². The highest BCUT2D eigenvalue weighted by atomic mass is 79.9. The van der Waals surface area contributed by atoms with E-state index in [0.717, 1.165) is 20.7 Å². The molecule has 0 spiro atoms. The largest absolute Gasteiger partial charge is 0.375 e. The van der Waals surface area contributed by atoms with Crippen molar-refractivity contribution >= 4 is 27.3 Å². The fourth-order valence-corrected chi connectivity index (χ4v) is 2.80. The van der Waals surface area contributed by atoms with Crippen molar-refractivity contribution in [1.82, 2.24) is 4.98 Å². The Hall–Kier alpha value is -0.710. The number of nitrogens with zero attached hydrogens (tertiary/aromatic N) is 1. The van der Waals surface area contributed by atoms with E-state index in [0.29, 0.717) is 0 Å². The first-order valence-corrected chi connectivity index (χ1v) is 6.99. The van der Waals surface area contributed by atoms with Gasteiger partial charge in [-0.15, -0.1) is 11.3 Å². The molecule has 0 aliphatic rings. The van der Waals surface area contributed by atoms with Gasteiger partial charge in [0.25, 0.3) is 0 Å². The lowest BCUT2D eigenvalue weighted by Gasteiger charge is -2.03. The molecule has 1 aromatic heterocycles. The second kappa shape index (κ2) is 5.29. The van der Waals surface area contributed by atoms with Crippen molar-refractivity contribution in [3.05, 3.63) is 38.6 Å². The van der Waals surface area contributed by atoms with E-state index in [9.17, 15) is 0 Å². The molecule has 0 amide bonds. The summed E-state index contributed by atoms with van der Waals surface area (Å²) in [6.07, 6.45) is 0.0582. The third-order valence-electron chi connectivity index (χ3n) is 2.63. The molecular weight excluding hydrogens is 298 g/mol. The number of hydrogen-bond donors (Lipinski definition) is 0. The zero-order chi connectivity index (χ0) is 12.4. The van der Waals surface area contributed by atoms with Gasteiger partial charge >= 0.3 is 0 Å². The number of aromatic nitrogens is 1. The second-order valence-electron chi connectivity index (χ2n) is 3.84. The molecular formula is C13H14BrNOS. The minimum absolute atomic E-state index is 0.0582. The number of halogens is 1. The van der Waals surface area contributed by atoms with Gasteiger partial charge < -0.3 is 4.74 Å². The number of hydrogen-bond acceptors (Lipinski definition) is 3. The quantitative estimate of drug-likeness (QED) is 0.827. The maximum atomic E-state index is 5.30. The molecule has 0 N–H and O–H groups in total. The zero-order valence-electron chi connectivity index (χ0n) is 10.0. The number of benzene rings is 1. The van der Waals surface area contributed by atoms with Gasteiger partial charge in [0.05, 0.1) is 5.69 Å². The van der Waals surface area contributed by atoms with Crippen LogP contribution in [-0.4, -0.2) is 12.1 Å². The SMILES string of the molecule is COC(C)c1nc(-c2ccc(Br)cc2)c(C)s1. The summed E-state index contributed by atoms with van der Waals surface area (Å²) >= 11 is 5.14. The van der Waals surface area contributed by atoms with Crippen molar-refractivity contribution in [1.29, 1.82) is 0 Å². The number of ether oxygens (including phenoxy) is 1. The number of rotatable bonds is 3. The first-order chi connectivity index (χ1) is 8.11. The van der Waals surface area contributed by atoms with Crippen LogP contribution in [0, 0.1) is 6.92 Å². The van der Waals surface area contributed by atoms with Crippen LogP contribution in [0.1, 0.15) is 22.9 Å². The summed E-state index contributed by atoms with van der Waals surface area (Å²) in [5, 5.41) is 1.03. The first-order valence-electron chi connectivity index (χ1n) is 5.38. The standard InChI is InChI=1S/C13H14BrNOS/c1-8(16-3)13-15-12(9(2)17-13)10-4-6-11(14)7-5-10/h4-8H,1-3H3. The Bertz CT molecular complexity index is 507. The molecule has 0 aliphatic heterocycles. The average Bonchev–Trinajstić information content (AvgIpc) is 2.71. The van der Waals surface area contributed by atoms with E-state index in [1.807, 2.05) is 19.1 Å². The van der Waals surface area contributed by atoms with Crippen LogP contribution >= 0.6 is 27.3 Å². The van der Waals surface area contributed by atoms with Crippen molar-refractivity contribution in [2.45, 2.75) is 20.0 Å². The van der Waals surface area contributed by atoms with Gasteiger partial charge in [-0.1, -0.05) is 28.1 Å². The number of methoxy groups -OCH3 is 1. The van der Waals surface area contributed by atoms with Crippen LogP contribution < -0.4 is 0 Å². The van der Waals surface area contributed by atoms with E-state index < -0.39 is 0 Å². The molecule has 0 saturated carbocycles. The minimum Gasteiger partial charge on any atom is -0.375 e. The second-order valence-corrected chi connectivity index (χ2v) is 5.99. The van der Waals surface area contributed by atoms with Gasteiger partial charge in [0, 0.05) is 22.0 Å². The molecule has 0 aliphatic carbocycles. The fourth-order valence-electron chi connectivity index (χ4n) is 1.57. The smallest absolute Gasteiger partial charge is 0.122 e. The van der Waals surface area contributed by atoms with Crippen LogP contribution in [0.15, 0.2) is 28.7 Å². The van der Waals surface area contributed by atoms with Crippen molar-refractivity contribution in [2.24, 2.45) is 0 Å². The summed E-state index contributed by atoms with van der Waals surface area (Å²) in [5.74, 6) is 0. The van der Waals surface area contributed by atoms with Gasteiger partial charge in [-0.2, -0.15) is 0 Å². The molecule has 0 saturated heterocycles. The van der Waals surface area contributed by atoms with Gasteiger partial charge in [-0.3, -0.25) is 0 Å². The molecule has 17 heavy (non-hydrogen) atoms. The molecule has 2 aromatic rings. The van der Waals surface area contributed by atoms with Crippen molar-refractivity contribution in [3.63, 3.8) is 0 Å². The van der Waals surface area contributed by atoms with Gasteiger partial charge in [0.2, 0.25) is 0 Å². The summed E-state index contributed by atoms with van der Waals surface area (Å²) in [6, 6.07) is 8.22. The minimum atomic E-state index is 0.0582. The topological polar surface area (TPSA) is 22.1 Å². The molecule has 90 valence electrons. The Morgan fingerprint density at radius 2 is 1.94 bits per heavy atom. The average molecular weight is 312 g/mol. The van der Waals surface area contributed by atoms with Crippen LogP contribution in [0.25, 0.3) is 11.3 Å². The van der Waals surface area contributed by atoms with Crippen LogP contribution in [-0.2, 0) is 4.74 Å². The van der Waals surface area contributed by atoms with Crippen molar-refractivity contribution < 1.29 is 4.74 Å². The molecule has 1 aromatic carbocycles. The molecule has 0 bridgehead atoms. The normalized spacial score (nSPS) is 12.7. The predicted octanol–water partition coefficient (Wildman–Crippen LogP) is 4.59. The van der Waals surface area contributed by atoms with E-state index in [1.165, 1.54) is 4.88 Å². The highest BCUT2D eigenvalue weighted by Crippen LogP contribution is 2.31. The molecule has 4 heteroatoms. The first kappa shape index (κ1) is 12.7. The molecule has 2 rings (SSSR count). The molecule has 1 heterocycles. The van der Waals surface area contributed by atoms with Gasteiger partial charge in [0.15, 0.2) is 0 Å². The zero-order valence-corrected chi connectivity index (χ0v) is 12.4. The van der Waals surface area contributed by atoms with Crippen molar-refractivity contribution in [2.75, 3.05) is 7.11 Å². The molecule has 0 fully saturated rings. The predicted molar refractivity (Wildman–Crippen MR) is 75.4 cm³/mol. The Morgan fingerprint density at radius 1 is 1.29 bits per heavy atom. The highest BCUT2D eigenvalue weighted by molar-refractivity contribution is 9.10. The highest BCUT2D eigenvalue weighted by Gasteiger charge is 2.14. The van der Waals surface area contributed by atoms with Crippen molar-refractivity contribution in [3.8, 4) is 11.3 Å². The lowest BCUT2D eigenvalue weighted by atomic mass is 10.1. The van der Waals surface area contributed by atoms with E-state index in [2.05, 4.69) is 40.0 Å². The molecule has 0 radical (unpaired) electrons. The Kier molecular flexibility index (Phi) is 3.97. The third kappa shape index (κ3) is 2.76. The maximum Gasteiger partial charge on any atom is 0.122 e. The van der Waals surface area contributed by atoms with E-state index in [4.69, 9.17) is 4.74 Å². The van der Waals surface area contributed by atoms with Crippen LogP contribution in [0.4, 0.5) is 0 Å². The van der Waals surface area contributed by atoms with E-state index in [1.54, 1.807) is 18.4 Å². The Balaban J connectivity index is 2.39. The Morgan fingerprint density at radius 3 is 2.53 bits per heavy atom. The number of aryl methyl sites for hydroxylation is 1. The summed E-state index contributed by atoms with van der Waals surface area (Å²) in [7, 11) is 1.71. The van der Waals surface area contributed by atoms with Gasteiger partial charge in [-0.05, 0) is 26.0 Å². The third-order valence-corrected chi connectivity index (χ3v) is 4.29. The molecule has 2 nitrogen and oxygen atoms in total. The van der Waals surface area contributed by atoms with Crippen LogP contribution in [0.2, 0.25) is 0 Å². The molecule has 1 unspecified atom stereocenters. The summed E-state index contributed by atoms with van der Waals surface area (Å²) in [5.41, 5.74) is 2.21. The van der Waals surface area contributed by atoms with Crippen LogP contribution in [0.3, 0.4) is 0 Å². The monoisotopic (exact) mass is 311 g/mol. The summed E-state index contributed by atoms with van der Waals surface area (Å²) in [4.78, 5) is 5.89. The fraction of sp³-hybridized carbons (Fsp3) is 0.308. The summed E-state index contributed by atoms with van der Waals surface area (Å²) < 4.78 is 6.38. The van der Waals surface area contributed by atoms with E-state index >= 15 is 0 Å². The van der Waals surface area contributed by atoms with Gasteiger partial charge in [-0.25, -0.2) is 4.98 Å². The molecule has 1 atom stereocenters. The lowest BCUT2D eigenvalue weighted by Crippen LogP contribution is -1.94. The maximum absolute atomic E-state index is 5.30. The number of thiazole rings is 1. The lowest BCUT2D eigenvalue weighted by molar-refractivity contribution is 0.119. The Labute approximate surface area is 114 Å². The van der Waals surface area contributed by atoms with E-state index in [-0.39, 0.29) is 6.10 Å².